The van der Waals surface area contributed by atoms with E-state index in [1.165, 1.54) is 12.0 Å². The second-order valence-electron chi connectivity index (χ2n) is 12.1. The number of amides is 1. The van der Waals surface area contributed by atoms with Gasteiger partial charge >= 0.3 is 0 Å². The SMILES string of the molecule is CCCC(=O)C[C@@H](Cc1nc2ccc(C(C)C)cc2s1)C(=O)N[C@H](CCC(=O)/C=C/CN(C)C)C1CCCCC1. The molecule has 0 bridgehead atoms. The van der Waals surface area contributed by atoms with Gasteiger partial charge in [-0.1, -0.05) is 52.2 Å². The van der Waals surface area contributed by atoms with E-state index in [9.17, 15) is 14.4 Å². The molecule has 0 aliphatic heterocycles. The summed E-state index contributed by atoms with van der Waals surface area (Å²) < 4.78 is 1.13. The zero-order valence-corrected chi connectivity index (χ0v) is 26.0. The first-order chi connectivity index (χ1) is 19.2. The average molecular weight is 568 g/mol. The Labute approximate surface area is 245 Å². The first-order valence-corrected chi connectivity index (χ1v) is 16.0. The van der Waals surface area contributed by atoms with Crippen molar-refractivity contribution < 1.29 is 14.4 Å². The number of allylic oxidation sites excluding steroid dienone is 1. The molecule has 2 aromatic rings. The Bertz CT molecular complexity index is 1150. The van der Waals surface area contributed by atoms with Gasteiger partial charge in [-0.25, -0.2) is 4.98 Å². The molecule has 0 radical (unpaired) electrons. The van der Waals surface area contributed by atoms with Gasteiger partial charge in [-0.15, -0.1) is 11.3 Å². The van der Waals surface area contributed by atoms with Gasteiger partial charge in [0, 0.05) is 38.3 Å². The first kappa shape index (κ1) is 32.1. The molecular weight excluding hydrogens is 518 g/mol. The summed E-state index contributed by atoms with van der Waals surface area (Å²) in [5.74, 6) is 0.513. The molecule has 0 spiro atoms. The van der Waals surface area contributed by atoms with Gasteiger partial charge in [-0.3, -0.25) is 14.4 Å². The molecular formula is C33H49N3O3S. The highest BCUT2D eigenvalue weighted by atomic mass is 32.1. The highest BCUT2D eigenvalue weighted by molar-refractivity contribution is 7.18. The minimum atomic E-state index is -0.453. The third kappa shape index (κ3) is 10.2. The summed E-state index contributed by atoms with van der Waals surface area (Å²) in [7, 11) is 3.95. The number of fused-ring (bicyclic) bond motifs is 1. The maximum absolute atomic E-state index is 13.8. The molecule has 1 saturated carbocycles. The lowest BCUT2D eigenvalue weighted by Gasteiger charge is -2.32. The smallest absolute Gasteiger partial charge is 0.224 e. The van der Waals surface area contributed by atoms with E-state index in [0.29, 0.717) is 37.5 Å². The number of carbonyl (C=O) groups excluding carboxylic acids is 3. The van der Waals surface area contributed by atoms with Gasteiger partial charge in [0.05, 0.1) is 21.1 Å². The zero-order chi connectivity index (χ0) is 29.1. The Morgan fingerprint density at radius 1 is 1.12 bits per heavy atom. The number of hydrogen-bond acceptors (Lipinski definition) is 6. The van der Waals surface area contributed by atoms with Crippen LogP contribution in [-0.2, 0) is 20.8 Å². The van der Waals surface area contributed by atoms with E-state index in [4.69, 9.17) is 4.98 Å². The largest absolute Gasteiger partial charge is 0.353 e. The van der Waals surface area contributed by atoms with E-state index in [1.54, 1.807) is 17.4 Å². The predicted octanol–water partition coefficient (Wildman–Crippen LogP) is 6.87. The molecule has 40 heavy (non-hydrogen) atoms. The van der Waals surface area contributed by atoms with Crippen LogP contribution in [0.25, 0.3) is 10.2 Å². The van der Waals surface area contributed by atoms with Gasteiger partial charge in [-0.05, 0) is 75.4 Å². The maximum atomic E-state index is 13.8. The summed E-state index contributed by atoms with van der Waals surface area (Å²) in [6.45, 7) is 7.08. The van der Waals surface area contributed by atoms with Crippen molar-refractivity contribution in [2.75, 3.05) is 20.6 Å². The predicted molar refractivity (Wildman–Crippen MR) is 166 cm³/mol. The molecule has 1 N–H and O–H groups in total. The van der Waals surface area contributed by atoms with Gasteiger partial charge in [0.1, 0.15) is 5.78 Å². The van der Waals surface area contributed by atoms with Crippen LogP contribution in [0.1, 0.15) is 101 Å². The number of carbonyl (C=O) groups is 3. The number of aromatic nitrogens is 1. The van der Waals surface area contributed by atoms with Crippen molar-refractivity contribution in [3.63, 3.8) is 0 Å². The Hall–Kier alpha value is -2.38. The Morgan fingerprint density at radius 2 is 1.88 bits per heavy atom. The van der Waals surface area contributed by atoms with E-state index in [1.807, 2.05) is 32.0 Å². The standard InChI is InChI=1S/C33H49N3O3S/c1-6-11-28(38)20-26(22-32-34-30-17-15-25(23(2)3)21-31(30)40-32)33(39)35-29(24-12-8-7-9-13-24)18-16-27(37)14-10-19-36(4)5/h10,14-15,17,21,23-24,26,29H,6-9,11-13,16,18-20,22H2,1-5H3,(H,35,39)/b14-10+/t26-,29+/m0/s1. The van der Waals surface area contributed by atoms with Gasteiger partial charge in [0.25, 0.3) is 0 Å². The van der Waals surface area contributed by atoms with E-state index in [-0.39, 0.29) is 29.9 Å². The Balaban J connectivity index is 1.75. The van der Waals surface area contributed by atoms with Crippen molar-refractivity contribution >= 4 is 39.0 Å². The molecule has 1 aliphatic carbocycles. The normalized spacial score (nSPS) is 16.2. The Kier molecular flexibility index (Phi) is 13.0. The molecule has 220 valence electrons. The lowest BCUT2D eigenvalue weighted by Crippen LogP contribution is -2.45. The fraction of sp³-hybridized carbons (Fsp3) is 0.636. The maximum Gasteiger partial charge on any atom is 0.224 e. The minimum Gasteiger partial charge on any atom is -0.353 e. The second kappa shape index (κ2) is 16.2. The molecule has 1 aliphatic rings. The van der Waals surface area contributed by atoms with E-state index in [0.717, 1.165) is 53.9 Å². The van der Waals surface area contributed by atoms with Crippen LogP contribution >= 0.6 is 11.3 Å². The van der Waals surface area contributed by atoms with Gasteiger partial charge in [0.2, 0.25) is 5.91 Å². The van der Waals surface area contributed by atoms with Crippen LogP contribution < -0.4 is 5.32 Å². The lowest BCUT2D eigenvalue weighted by molar-refractivity contribution is -0.130. The molecule has 1 heterocycles. The third-order valence-electron chi connectivity index (χ3n) is 7.94. The minimum absolute atomic E-state index is 0.0493. The Morgan fingerprint density at radius 3 is 2.55 bits per heavy atom. The van der Waals surface area contributed by atoms with E-state index in [2.05, 4.69) is 37.4 Å². The zero-order valence-electron chi connectivity index (χ0n) is 25.2. The highest BCUT2D eigenvalue weighted by Crippen LogP contribution is 2.31. The topological polar surface area (TPSA) is 79.4 Å². The number of ketones is 2. The highest BCUT2D eigenvalue weighted by Gasteiger charge is 2.30. The molecule has 1 aromatic carbocycles. The molecule has 1 amide bonds. The molecule has 0 saturated heterocycles. The molecule has 3 rings (SSSR count). The number of nitrogens with zero attached hydrogens (tertiary/aromatic N) is 2. The van der Waals surface area contributed by atoms with Crippen LogP contribution in [0, 0.1) is 11.8 Å². The number of Topliss-reactive ketones (excluding diaryl/α,β-unsaturated/α-hetero) is 1. The van der Waals surface area contributed by atoms with Crippen LogP contribution in [0.4, 0.5) is 0 Å². The molecule has 0 unspecified atom stereocenters. The summed E-state index contributed by atoms with van der Waals surface area (Å²) in [5.41, 5.74) is 2.22. The summed E-state index contributed by atoms with van der Waals surface area (Å²) >= 11 is 1.63. The van der Waals surface area contributed by atoms with Crippen molar-refractivity contribution in [3.05, 3.63) is 40.9 Å². The number of thiazole rings is 1. The van der Waals surface area contributed by atoms with Crippen molar-refractivity contribution in [1.29, 1.82) is 0 Å². The van der Waals surface area contributed by atoms with Crippen molar-refractivity contribution in [1.82, 2.24) is 15.2 Å². The number of hydrogen-bond donors (Lipinski definition) is 1. The quantitative estimate of drug-likeness (QED) is 0.224. The molecule has 1 aromatic heterocycles. The summed E-state index contributed by atoms with van der Waals surface area (Å²) in [6, 6.07) is 6.33. The monoisotopic (exact) mass is 567 g/mol. The van der Waals surface area contributed by atoms with E-state index < -0.39 is 5.92 Å². The number of likely N-dealkylation sites (N-methyl/N-ethyl adjacent to an activating group) is 1. The van der Waals surface area contributed by atoms with Crippen molar-refractivity contribution in [2.24, 2.45) is 11.8 Å². The van der Waals surface area contributed by atoms with Gasteiger partial charge in [0.15, 0.2) is 5.78 Å². The van der Waals surface area contributed by atoms with Crippen LogP contribution in [0.3, 0.4) is 0 Å². The summed E-state index contributed by atoms with van der Waals surface area (Å²) in [6.07, 6.45) is 12.3. The number of benzene rings is 1. The van der Waals surface area contributed by atoms with E-state index >= 15 is 0 Å². The average Bonchev–Trinajstić information content (AvgIpc) is 3.32. The molecule has 2 atom stereocenters. The summed E-state index contributed by atoms with van der Waals surface area (Å²) in [5, 5.41) is 4.24. The molecule has 7 heteroatoms. The van der Waals surface area contributed by atoms with Crippen molar-refractivity contribution in [3.8, 4) is 0 Å². The van der Waals surface area contributed by atoms with Crippen LogP contribution in [0.5, 0.6) is 0 Å². The fourth-order valence-electron chi connectivity index (χ4n) is 5.60. The first-order valence-electron chi connectivity index (χ1n) is 15.2. The van der Waals surface area contributed by atoms with Gasteiger partial charge < -0.3 is 10.2 Å². The van der Waals surface area contributed by atoms with Crippen LogP contribution in [-0.4, -0.2) is 54.0 Å². The van der Waals surface area contributed by atoms with Gasteiger partial charge in [-0.2, -0.15) is 0 Å². The number of rotatable bonds is 16. The van der Waals surface area contributed by atoms with Crippen molar-refractivity contribution in [2.45, 2.75) is 103 Å². The second-order valence-corrected chi connectivity index (χ2v) is 13.2. The summed E-state index contributed by atoms with van der Waals surface area (Å²) in [4.78, 5) is 46.0. The lowest BCUT2D eigenvalue weighted by atomic mass is 9.81. The van der Waals surface area contributed by atoms with Crippen LogP contribution in [0.2, 0.25) is 0 Å². The number of nitrogens with one attached hydrogen (secondary N) is 1. The molecule has 1 fully saturated rings. The van der Waals surface area contributed by atoms with Crippen LogP contribution in [0.15, 0.2) is 30.4 Å². The fourth-order valence-corrected chi connectivity index (χ4v) is 6.69. The molecule has 6 nitrogen and oxygen atoms in total. The third-order valence-corrected chi connectivity index (χ3v) is 8.98.